The largest absolute Gasteiger partial charge is 0.486 e. The van der Waals surface area contributed by atoms with Gasteiger partial charge in [0.25, 0.3) is 0 Å². The van der Waals surface area contributed by atoms with E-state index in [1.54, 1.807) is 0 Å². The van der Waals surface area contributed by atoms with Crippen LogP contribution >= 0.6 is 11.8 Å². The molecule has 1 heterocycles. The van der Waals surface area contributed by atoms with Gasteiger partial charge in [-0.1, -0.05) is 37.6 Å². The molecule has 1 N–H and O–H groups in total. The highest BCUT2D eigenvalue weighted by molar-refractivity contribution is 7.99. The average Bonchev–Trinajstić information content (AvgIpc) is 3.11. The molecule has 2 aliphatic carbocycles. The average molecular weight is 429 g/mol. The third-order valence-electron chi connectivity index (χ3n) is 6.40. The van der Waals surface area contributed by atoms with Crippen molar-refractivity contribution in [3.8, 4) is 5.75 Å². The molecule has 0 radical (unpaired) electrons. The summed E-state index contributed by atoms with van der Waals surface area (Å²) in [5, 5.41) is 12.4. The lowest BCUT2D eigenvalue weighted by molar-refractivity contribution is -0.119. The second-order valence-corrected chi connectivity index (χ2v) is 9.55. The van der Waals surface area contributed by atoms with E-state index in [0.29, 0.717) is 24.3 Å². The van der Waals surface area contributed by atoms with Crippen LogP contribution in [0.15, 0.2) is 23.4 Å². The number of thioether (sulfide) groups is 1. The molecule has 1 fully saturated rings. The van der Waals surface area contributed by atoms with Gasteiger partial charge in [-0.3, -0.25) is 4.79 Å². The fraction of sp³-hybridized carbons (Fsp3) is 0.609. The van der Waals surface area contributed by atoms with Crippen LogP contribution in [0.25, 0.3) is 0 Å². The van der Waals surface area contributed by atoms with E-state index < -0.39 is 0 Å². The van der Waals surface area contributed by atoms with Crippen LogP contribution in [-0.2, 0) is 31.3 Å². The number of nitrogens with zero attached hydrogens (tertiary/aromatic N) is 3. The molecule has 1 aromatic heterocycles. The normalized spacial score (nSPS) is 21.1. The first-order valence-corrected chi connectivity index (χ1v) is 12.1. The zero-order chi connectivity index (χ0) is 20.9. The van der Waals surface area contributed by atoms with Gasteiger partial charge in [-0.2, -0.15) is 0 Å². The molecule has 2 aliphatic rings. The smallest absolute Gasteiger partial charge is 0.230 e. The molecule has 2 aromatic rings. The predicted molar refractivity (Wildman–Crippen MR) is 119 cm³/mol. The number of amides is 1. The lowest BCUT2D eigenvalue weighted by atomic mass is 9.86. The molecule has 0 bridgehead atoms. The zero-order valence-corrected chi connectivity index (χ0v) is 18.8. The van der Waals surface area contributed by atoms with E-state index in [1.807, 2.05) is 17.7 Å². The van der Waals surface area contributed by atoms with E-state index in [4.69, 9.17) is 4.74 Å². The molecule has 1 amide bonds. The number of carbonyl (C=O) groups is 1. The SMILES string of the molecule is C[C@H]1CCCC[C@H]1NC(=O)CSc1nnc(COc2ccc3c(c2)CCCC3)n1C. The maximum Gasteiger partial charge on any atom is 0.230 e. The van der Waals surface area contributed by atoms with Crippen molar-refractivity contribution in [1.29, 1.82) is 0 Å². The molecule has 162 valence electrons. The number of carbonyl (C=O) groups excluding carboxylic acids is 1. The van der Waals surface area contributed by atoms with Gasteiger partial charge >= 0.3 is 0 Å². The molecular formula is C23H32N4O2S. The number of hydrogen-bond acceptors (Lipinski definition) is 5. The van der Waals surface area contributed by atoms with Crippen molar-refractivity contribution >= 4 is 17.7 Å². The van der Waals surface area contributed by atoms with Crippen molar-refractivity contribution in [1.82, 2.24) is 20.1 Å². The van der Waals surface area contributed by atoms with Crippen LogP contribution < -0.4 is 10.1 Å². The van der Waals surface area contributed by atoms with Gasteiger partial charge in [-0.15, -0.1) is 10.2 Å². The molecule has 0 saturated heterocycles. The van der Waals surface area contributed by atoms with Crippen molar-refractivity contribution < 1.29 is 9.53 Å². The minimum Gasteiger partial charge on any atom is -0.486 e. The number of aromatic nitrogens is 3. The van der Waals surface area contributed by atoms with Gasteiger partial charge in [0.2, 0.25) is 5.91 Å². The Bertz CT molecular complexity index is 882. The van der Waals surface area contributed by atoms with Crippen molar-refractivity contribution in [2.45, 2.75) is 76.1 Å². The Morgan fingerprint density at radius 3 is 2.80 bits per heavy atom. The summed E-state index contributed by atoms with van der Waals surface area (Å²) in [6, 6.07) is 6.71. The van der Waals surface area contributed by atoms with Crippen molar-refractivity contribution in [3.63, 3.8) is 0 Å². The number of fused-ring (bicyclic) bond motifs is 1. The highest BCUT2D eigenvalue weighted by Gasteiger charge is 2.23. The standard InChI is InChI=1S/C23H32N4O2S/c1-16-7-3-6-10-20(16)24-22(28)15-30-23-26-25-21(27(23)2)14-29-19-12-11-17-8-4-5-9-18(17)13-19/h11-13,16,20H,3-10,14-15H2,1-2H3,(H,24,28)/t16-,20+/m0/s1. The van der Waals surface area contributed by atoms with E-state index in [2.05, 4.69) is 34.6 Å². The summed E-state index contributed by atoms with van der Waals surface area (Å²) < 4.78 is 7.89. The molecule has 2 atom stereocenters. The molecule has 6 nitrogen and oxygen atoms in total. The van der Waals surface area contributed by atoms with Crippen LogP contribution in [-0.4, -0.2) is 32.5 Å². The van der Waals surface area contributed by atoms with E-state index >= 15 is 0 Å². The van der Waals surface area contributed by atoms with Crippen LogP contribution in [0.4, 0.5) is 0 Å². The first-order valence-electron chi connectivity index (χ1n) is 11.1. The Morgan fingerprint density at radius 2 is 1.97 bits per heavy atom. The highest BCUT2D eigenvalue weighted by atomic mass is 32.2. The fourth-order valence-electron chi connectivity index (χ4n) is 4.45. The van der Waals surface area contributed by atoms with Crippen LogP contribution in [0.1, 0.15) is 62.4 Å². The number of aryl methyl sites for hydroxylation is 2. The van der Waals surface area contributed by atoms with Crippen LogP contribution in [0.5, 0.6) is 5.75 Å². The first kappa shape index (κ1) is 21.2. The monoisotopic (exact) mass is 428 g/mol. The maximum atomic E-state index is 12.4. The van der Waals surface area contributed by atoms with Gasteiger partial charge in [-0.25, -0.2) is 0 Å². The molecule has 1 saturated carbocycles. The highest BCUT2D eigenvalue weighted by Crippen LogP contribution is 2.26. The molecule has 0 spiro atoms. The molecule has 30 heavy (non-hydrogen) atoms. The minimum atomic E-state index is 0.0774. The lowest BCUT2D eigenvalue weighted by Crippen LogP contribution is -2.41. The fourth-order valence-corrected chi connectivity index (χ4v) is 5.19. The number of hydrogen-bond donors (Lipinski definition) is 1. The molecular weight excluding hydrogens is 396 g/mol. The third kappa shape index (κ3) is 5.17. The molecule has 1 aromatic carbocycles. The Balaban J connectivity index is 1.28. The summed E-state index contributed by atoms with van der Waals surface area (Å²) in [7, 11) is 1.93. The van der Waals surface area contributed by atoms with Crippen LogP contribution in [0.2, 0.25) is 0 Å². The summed E-state index contributed by atoms with van der Waals surface area (Å²) in [4.78, 5) is 12.4. The van der Waals surface area contributed by atoms with Gasteiger partial charge in [0.15, 0.2) is 11.0 Å². The minimum absolute atomic E-state index is 0.0774. The molecule has 0 unspecified atom stereocenters. The Kier molecular flexibility index (Phi) is 6.97. The number of ether oxygens (including phenoxy) is 1. The van der Waals surface area contributed by atoms with Crippen molar-refractivity contribution in [3.05, 3.63) is 35.2 Å². The quantitative estimate of drug-likeness (QED) is 0.674. The van der Waals surface area contributed by atoms with Gasteiger partial charge in [0, 0.05) is 13.1 Å². The van der Waals surface area contributed by atoms with Crippen molar-refractivity contribution in [2.75, 3.05) is 5.75 Å². The van der Waals surface area contributed by atoms with Crippen LogP contribution in [0, 0.1) is 5.92 Å². The summed E-state index contributed by atoms with van der Waals surface area (Å²) in [5.41, 5.74) is 2.86. The number of rotatable bonds is 7. The maximum absolute atomic E-state index is 12.4. The molecule has 4 rings (SSSR count). The van der Waals surface area contributed by atoms with E-state index in [-0.39, 0.29) is 5.91 Å². The molecule has 0 aliphatic heterocycles. The summed E-state index contributed by atoms with van der Waals surface area (Å²) in [5.74, 6) is 2.65. The van der Waals surface area contributed by atoms with Crippen molar-refractivity contribution in [2.24, 2.45) is 13.0 Å². The lowest BCUT2D eigenvalue weighted by Gasteiger charge is -2.29. The Morgan fingerprint density at radius 1 is 1.17 bits per heavy atom. The van der Waals surface area contributed by atoms with E-state index in [9.17, 15) is 4.79 Å². The van der Waals surface area contributed by atoms with Gasteiger partial charge in [0.05, 0.1) is 5.75 Å². The molecule has 7 heteroatoms. The first-order chi connectivity index (χ1) is 14.6. The number of nitrogens with one attached hydrogen (secondary N) is 1. The van der Waals surface area contributed by atoms with Crippen LogP contribution in [0.3, 0.4) is 0 Å². The topological polar surface area (TPSA) is 69.0 Å². The van der Waals surface area contributed by atoms with E-state index in [1.165, 1.54) is 61.4 Å². The predicted octanol–water partition coefficient (Wildman–Crippen LogP) is 4.06. The van der Waals surface area contributed by atoms with Gasteiger partial charge in [-0.05, 0) is 67.7 Å². The zero-order valence-electron chi connectivity index (χ0n) is 18.0. The second-order valence-electron chi connectivity index (χ2n) is 8.61. The Hall–Kier alpha value is -2.02. The number of benzene rings is 1. The summed E-state index contributed by atoms with van der Waals surface area (Å²) in [6.07, 6.45) is 9.63. The summed E-state index contributed by atoms with van der Waals surface area (Å²) >= 11 is 1.43. The van der Waals surface area contributed by atoms with Gasteiger partial charge in [0.1, 0.15) is 12.4 Å². The van der Waals surface area contributed by atoms with Gasteiger partial charge < -0.3 is 14.6 Å². The Labute approximate surface area is 183 Å². The third-order valence-corrected chi connectivity index (χ3v) is 7.42. The summed E-state index contributed by atoms with van der Waals surface area (Å²) in [6.45, 7) is 2.60. The second kappa shape index (κ2) is 9.86. The van der Waals surface area contributed by atoms with E-state index in [0.717, 1.165) is 29.6 Å².